The topological polar surface area (TPSA) is 88.4 Å². The van der Waals surface area contributed by atoms with Crippen molar-refractivity contribution < 1.29 is 22.0 Å². The maximum Gasteiger partial charge on any atom is 0.287 e. The van der Waals surface area contributed by atoms with Crippen molar-refractivity contribution in [2.45, 2.75) is 37.9 Å². The Morgan fingerprint density at radius 3 is 2.46 bits per heavy atom. The van der Waals surface area contributed by atoms with Crippen LogP contribution in [0.5, 0.6) is 0 Å². The number of hydrogen-bond acceptors (Lipinski definition) is 4. The highest BCUT2D eigenvalue weighted by atomic mass is 32.2. The highest BCUT2D eigenvalue weighted by Gasteiger charge is 2.26. The summed E-state index contributed by atoms with van der Waals surface area (Å²) in [5.74, 6) is -1.23. The minimum atomic E-state index is -3.86. The molecule has 0 bridgehead atoms. The van der Waals surface area contributed by atoms with Gasteiger partial charge in [-0.3, -0.25) is 4.79 Å². The largest absolute Gasteiger partial charge is 0.438 e. The monoisotopic (exact) mass is 354 g/mol. The number of amides is 1. The third kappa shape index (κ3) is 4.65. The van der Waals surface area contributed by atoms with E-state index in [0.29, 0.717) is 5.56 Å². The summed E-state index contributed by atoms with van der Waals surface area (Å²) in [6, 6.07) is 8.49. The molecule has 1 amide bonds. The maximum absolute atomic E-state index is 13.5. The van der Waals surface area contributed by atoms with E-state index in [1.165, 1.54) is 18.2 Å². The van der Waals surface area contributed by atoms with Gasteiger partial charge < -0.3 is 9.73 Å². The highest BCUT2D eigenvalue weighted by Crippen LogP contribution is 2.16. The molecule has 0 aliphatic heterocycles. The van der Waals surface area contributed by atoms with E-state index in [-0.39, 0.29) is 17.4 Å². The second-order valence-corrected chi connectivity index (χ2v) is 7.86. The average Bonchev–Trinajstić information content (AvgIpc) is 2.94. The van der Waals surface area contributed by atoms with Crippen LogP contribution >= 0.6 is 0 Å². The second-order valence-electron chi connectivity index (χ2n) is 6.25. The molecule has 0 fully saturated rings. The summed E-state index contributed by atoms with van der Waals surface area (Å²) in [6.45, 7) is 5.04. The SMILES string of the molecule is CC(C)(C)NS(=O)(=O)c1ccc(C(=O)NCc2ccccc2F)o1. The predicted octanol–water partition coefficient (Wildman–Crippen LogP) is 2.43. The van der Waals surface area contributed by atoms with E-state index in [2.05, 4.69) is 10.0 Å². The first-order valence-electron chi connectivity index (χ1n) is 7.24. The lowest BCUT2D eigenvalue weighted by atomic mass is 10.1. The number of nitrogens with one attached hydrogen (secondary N) is 2. The van der Waals surface area contributed by atoms with Crippen molar-refractivity contribution >= 4 is 15.9 Å². The number of rotatable bonds is 5. The van der Waals surface area contributed by atoms with Crippen LogP contribution in [-0.4, -0.2) is 19.9 Å². The fraction of sp³-hybridized carbons (Fsp3) is 0.312. The minimum Gasteiger partial charge on any atom is -0.438 e. The van der Waals surface area contributed by atoms with Crippen molar-refractivity contribution in [1.82, 2.24) is 10.0 Å². The Morgan fingerprint density at radius 1 is 1.17 bits per heavy atom. The molecule has 0 saturated heterocycles. The molecule has 1 aromatic heterocycles. The zero-order valence-electron chi connectivity index (χ0n) is 13.6. The van der Waals surface area contributed by atoms with Gasteiger partial charge in [0.2, 0.25) is 5.09 Å². The van der Waals surface area contributed by atoms with E-state index >= 15 is 0 Å². The first-order chi connectivity index (χ1) is 11.1. The van der Waals surface area contributed by atoms with Crippen LogP contribution in [0.2, 0.25) is 0 Å². The molecule has 0 unspecified atom stereocenters. The van der Waals surface area contributed by atoms with Gasteiger partial charge >= 0.3 is 0 Å². The first kappa shape index (κ1) is 18.2. The van der Waals surface area contributed by atoms with Gasteiger partial charge in [0.25, 0.3) is 15.9 Å². The Morgan fingerprint density at radius 2 is 1.83 bits per heavy atom. The Kier molecular flexibility index (Phi) is 5.10. The van der Waals surface area contributed by atoms with Gasteiger partial charge in [0, 0.05) is 17.6 Å². The standard InChI is InChI=1S/C16H19FN2O4S/c1-16(2,3)19-24(21,22)14-9-8-13(23-14)15(20)18-10-11-6-4-5-7-12(11)17/h4-9,19H,10H2,1-3H3,(H,18,20). The minimum absolute atomic E-state index is 0.0332. The van der Waals surface area contributed by atoms with Crippen LogP contribution in [-0.2, 0) is 16.6 Å². The smallest absolute Gasteiger partial charge is 0.287 e. The van der Waals surface area contributed by atoms with Gasteiger partial charge in [-0.05, 0) is 39.0 Å². The molecule has 2 aromatic rings. The number of halogens is 1. The molecule has 0 atom stereocenters. The molecule has 2 N–H and O–H groups in total. The third-order valence-corrected chi connectivity index (χ3v) is 4.54. The van der Waals surface area contributed by atoms with Crippen LogP contribution in [0.15, 0.2) is 45.9 Å². The van der Waals surface area contributed by atoms with E-state index in [4.69, 9.17) is 4.42 Å². The quantitative estimate of drug-likeness (QED) is 0.863. The van der Waals surface area contributed by atoms with Crippen molar-refractivity contribution in [3.05, 3.63) is 53.5 Å². The third-order valence-electron chi connectivity index (χ3n) is 2.91. The van der Waals surface area contributed by atoms with Gasteiger partial charge in [-0.1, -0.05) is 18.2 Å². The van der Waals surface area contributed by atoms with Gasteiger partial charge in [0.15, 0.2) is 5.76 Å². The molecule has 0 radical (unpaired) electrons. The van der Waals surface area contributed by atoms with Crippen LogP contribution < -0.4 is 10.0 Å². The second kappa shape index (κ2) is 6.74. The van der Waals surface area contributed by atoms with E-state index < -0.39 is 27.3 Å². The molecule has 130 valence electrons. The fourth-order valence-corrected chi connectivity index (χ4v) is 3.30. The summed E-state index contributed by atoms with van der Waals surface area (Å²) in [6.07, 6.45) is 0. The lowest BCUT2D eigenvalue weighted by molar-refractivity contribution is 0.0917. The van der Waals surface area contributed by atoms with Crippen LogP contribution in [0.25, 0.3) is 0 Å². The summed E-state index contributed by atoms with van der Waals surface area (Å²) in [5, 5.41) is 2.13. The molecular weight excluding hydrogens is 335 g/mol. The average molecular weight is 354 g/mol. The molecule has 6 nitrogen and oxygen atoms in total. The van der Waals surface area contributed by atoms with Gasteiger partial charge in [-0.15, -0.1) is 0 Å². The Balaban J connectivity index is 2.07. The molecule has 24 heavy (non-hydrogen) atoms. The zero-order valence-corrected chi connectivity index (χ0v) is 14.4. The van der Waals surface area contributed by atoms with Crippen molar-refractivity contribution in [2.24, 2.45) is 0 Å². The van der Waals surface area contributed by atoms with E-state index in [1.54, 1.807) is 39.0 Å². The predicted molar refractivity (Wildman–Crippen MR) is 86.4 cm³/mol. The van der Waals surface area contributed by atoms with E-state index in [1.807, 2.05) is 0 Å². The van der Waals surface area contributed by atoms with Gasteiger partial charge in [0.1, 0.15) is 5.82 Å². The Labute approximate surface area is 140 Å². The maximum atomic E-state index is 13.5. The van der Waals surface area contributed by atoms with Crippen molar-refractivity contribution in [2.75, 3.05) is 0 Å². The van der Waals surface area contributed by atoms with Crippen LogP contribution in [0, 0.1) is 5.82 Å². The molecule has 0 aliphatic carbocycles. The highest BCUT2D eigenvalue weighted by molar-refractivity contribution is 7.89. The van der Waals surface area contributed by atoms with Crippen LogP contribution in [0.1, 0.15) is 36.9 Å². The summed E-state index contributed by atoms with van der Waals surface area (Å²) in [5.41, 5.74) is -0.363. The Bertz CT molecular complexity index is 838. The van der Waals surface area contributed by atoms with Gasteiger partial charge in [-0.2, -0.15) is 0 Å². The molecule has 0 spiro atoms. The van der Waals surface area contributed by atoms with E-state index in [9.17, 15) is 17.6 Å². The van der Waals surface area contributed by atoms with E-state index in [0.717, 1.165) is 0 Å². The molecule has 8 heteroatoms. The zero-order chi connectivity index (χ0) is 18.0. The normalized spacial score (nSPS) is 12.2. The lowest BCUT2D eigenvalue weighted by Gasteiger charge is -2.18. The van der Waals surface area contributed by atoms with Crippen molar-refractivity contribution in [1.29, 1.82) is 0 Å². The van der Waals surface area contributed by atoms with Crippen LogP contribution in [0.3, 0.4) is 0 Å². The lowest BCUT2D eigenvalue weighted by Crippen LogP contribution is -2.40. The van der Waals surface area contributed by atoms with Crippen molar-refractivity contribution in [3.63, 3.8) is 0 Å². The van der Waals surface area contributed by atoms with Gasteiger partial charge in [0.05, 0.1) is 0 Å². The number of sulfonamides is 1. The molecule has 2 rings (SSSR count). The Hall–Kier alpha value is -2.19. The summed E-state index contributed by atoms with van der Waals surface area (Å²) < 4.78 is 45.3. The fourth-order valence-electron chi connectivity index (χ4n) is 1.94. The number of hydrogen-bond donors (Lipinski definition) is 2. The first-order valence-corrected chi connectivity index (χ1v) is 8.72. The number of furan rings is 1. The van der Waals surface area contributed by atoms with Crippen molar-refractivity contribution in [3.8, 4) is 0 Å². The number of carbonyl (C=O) groups is 1. The molecule has 1 aromatic carbocycles. The molecule has 0 saturated carbocycles. The number of carbonyl (C=O) groups excluding carboxylic acids is 1. The number of benzene rings is 1. The molecular formula is C16H19FN2O4S. The van der Waals surface area contributed by atoms with Gasteiger partial charge in [-0.25, -0.2) is 17.5 Å². The summed E-state index contributed by atoms with van der Waals surface area (Å²) in [7, 11) is -3.86. The molecule has 1 heterocycles. The summed E-state index contributed by atoms with van der Waals surface area (Å²) in [4.78, 5) is 12.0. The van der Waals surface area contributed by atoms with Crippen LogP contribution in [0.4, 0.5) is 4.39 Å². The molecule has 0 aliphatic rings. The summed E-state index contributed by atoms with van der Waals surface area (Å²) >= 11 is 0.